The second kappa shape index (κ2) is 9.47. The van der Waals surface area contributed by atoms with Crippen LogP contribution in [0.5, 0.6) is 0 Å². The van der Waals surface area contributed by atoms with E-state index < -0.39 is 0 Å². The summed E-state index contributed by atoms with van der Waals surface area (Å²) >= 11 is 0. The fourth-order valence-electron chi connectivity index (χ4n) is 1.57. The molecule has 0 saturated heterocycles. The summed E-state index contributed by atoms with van der Waals surface area (Å²) in [4.78, 5) is 2.22. The first-order valence-corrected chi connectivity index (χ1v) is 5.99. The lowest BCUT2D eigenvalue weighted by molar-refractivity contribution is 0.147. The first kappa shape index (κ1) is 13.9. The Morgan fingerprint density at radius 1 is 1.00 bits per heavy atom. The van der Waals surface area contributed by atoms with Gasteiger partial charge >= 0.3 is 0 Å². The number of aliphatic hydroxyl groups excluding tert-OH is 1. The van der Waals surface area contributed by atoms with Crippen LogP contribution >= 0.6 is 0 Å². The van der Waals surface area contributed by atoms with Gasteiger partial charge in [0.25, 0.3) is 0 Å². The van der Waals surface area contributed by atoms with Crippen molar-refractivity contribution in [3.05, 3.63) is 0 Å². The molecular weight excluding hydrogens is 174 g/mol. The first-order chi connectivity index (χ1) is 6.66. The molecule has 0 aliphatic heterocycles. The Kier molecular flexibility index (Phi) is 9.42. The van der Waals surface area contributed by atoms with Crippen molar-refractivity contribution in [3.8, 4) is 0 Å². The van der Waals surface area contributed by atoms with E-state index in [1.165, 1.54) is 38.6 Å². The molecule has 0 radical (unpaired) electrons. The number of hydrogen-bond donors (Lipinski definition) is 1. The van der Waals surface area contributed by atoms with Crippen LogP contribution in [0.4, 0.5) is 0 Å². The number of rotatable bonds is 9. The summed E-state index contributed by atoms with van der Waals surface area (Å²) in [6.45, 7) is 3.34. The molecule has 1 N–H and O–H groups in total. The third-order valence-corrected chi connectivity index (χ3v) is 2.53. The van der Waals surface area contributed by atoms with E-state index in [2.05, 4.69) is 25.9 Å². The average Bonchev–Trinajstić information content (AvgIpc) is 2.13. The topological polar surface area (TPSA) is 23.5 Å². The van der Waals surface area contributed by atoms with Gasteiger partial charge in [-0.1, -0.05) is 32.6 Å². The van der Waals surface area contributed by atoms with Crippen molar-refractivity contribution < 1.29 is 5.11 Å². The number of unbranched alkanes of at least 4 members (excludes halogenated alkanes) is 3. The maximum Gasteiger partial charge on any atom is 0.0540 e. The largest absolute Gasteiger partial charge is 0.393 e. The highest BCUT2D eigenvalue weighted by Crippen LogP contribution is 2.09. The van der Waals surface area contributed by atoms with Crippen LogP contribution in [0.2, 0.25) is 0 Å². The molecule has 0 aromatic rings. The maximum atomic E-state index is 9.58. The van der Waals surface area contributed by atoms with Crippen LogP contribution in [-0.4, -0.2) is 36.8 Å². The zero-order chi connectivity index (χ0) is 10.8. The Bertz CT molecular complexity index is 115. The van der Waals surface area contributed by atoms with E-state index >= 15 is 0 Å². The van der Waals surface area contributed by atoms with Crippen LogP contribution in [-0.2, 0) is 0 Å². The van der Waals surface area contributed by atoms with E-state index in [1.54, 1.807) is 0 Å². The van der Waals surface area contributed by atoms with Crippen LogP contribution in [0.1, 0.15) is 51.9 Å². The third kappa shape index (κ3) is 10.0. The lowest BCUT2D eigenvalue weighted by Gasteiger charge is -2.11. The summed E-state index contributed by atoms with van der Waals surface area (Å²) in [5.41, 5.74) is 0. The van der Waals surface area contributed by atoms with Crippen LogP contribution in [0.3, 0.4) is 0 Å². The molecule has 0 saturated carbocycles. The van der Waals surface area contributed by atoms with Crippen molar-refractivity contribution in [1.29, 1.82) is 0 Å². The summed E-state index contributed by atoms with van der Waals surface area (Å²) < 4.78 is 0. The van der Waals surface area contributed by atoms with Gasteiger partial charge in [0.1, 0.15) is 0 Å². The van der Waals surface area contributed by atoms with Gasteiger partial charge in [-0.15, -0.1) is 0 Å². The SMILES string of the molecule is CCCC[C@@H](O)CCCCCN(C)C. The number of nitrogens with zero attached hydrogens (tertiary/aromatic N) is 1. The fourth-order valence-corrected chi connectivity index (χ4v) is 1.57. The molecule has 0 amide bonds. The van der Waals surface area contributed by atoms with Gasteiger partial charge in [-0.05, 0) is 39.9 Å². The van der Waals surface area contributed by atoms with Gasteiger partial charge in [0.15, 0.2) is 0 Å². The normalized spacial score (nSPS) is 13.5. The smallest absolute Gasteiger partial charge is 0.0540 e. The summed E-state index contributed by atoms with van der Waals surface area (Å²) in [5.74, 6) is 0. The zero-order valence-corrected chi connectivity index (χ0v) is 10.1. The average molecular weight is 201 g/mol. The highest BCUT2D eigenvalue weighted by atomic mass is 16.3. The standard InChI is InChI=1S/C12H27NO/c1-4-5-9-12(14)10-7-6-8-11-13(2)3/h12,14H,4-11H2,1-3H3/t12-/m1/s1. The number of aliphatic hydroxyl groups is 1. The molecule has 0 unspecified atom stereocenters. The van der Waals surface area contributed by atoms with E-state index in [0.29, 0.717) is 0 Å². The number of hydrogen-bond acceptors (Lipinski definition) is 2. The Morgan fingerprint density at radius 2 is 1.64 bits per heavy atom. The molecule has 0 aliphatic carbocycles. The Labute approximate surface area is 89.3 Å². The molecule has 14 heavy (non-hydrogen) atoms. The molecule has 1 atom stereocenters. The van der Waals surface area contributed by atoms with Crippen LogP contribution in [0.15, 0.2) is 0 Å². The first-order valence-electron chi connectivity index (χ1n) is 5.99. The van der Waals surface area contributed by atoms with E-state index in [0.717, 1.165) is 12.8 Å². The van der Waals surface area contributed by atoms with Crippen molar-refractivity contribution in [3.63, 3.8) is 0 Å². The summed E-state index contributed by atoms with van der Waals surface area (Å²) in [6.07, 6.45) is 7.98. The van der Waals surface area contributed by atoms with Gasteiger partial charge in [-0.25, -0.2) is 0 Å². The Morgan fingerprint density at radius 3 is 2.21 bits per heavy atom. The van der Waals surface area contributed by atoms with E-state index in [-0.39, 0.29) is 6.10 Å². The van der Waals surface area contributed by atoms with Gasteiger partial charge in [0, 0.05) is 0 Å². The highest BCUT2D eigenvalue weighted by Gasteiger charge is 2.02. The predicted molar refractivity (Wildman–Crippen MR) is 62.6 cm³/mol. The monoisotopic (exact) mass is 201 g/mol. The predicted octanol–water partition coefficient (Wildman–Crippen LogP) is 2.66. The maximum absolute atomic E-state index is 9.58. The van der Waals surface area contributed by atoms with Crippen LogP contribution in [0.25, 0.3) is 0 Å². The summed E-state index contributed by atoms with van der Waals surface area (Å²) in [5, 5.41) is 9.58. The van der Waals surface area contributed by atoms with Crippen molar-refractivity contribution in [1.82, 2.24) is 4.90 Å². The molecule has 0 aromatic heterocycles. The Hall–Kier alpha value is -0.0800. The molecule has 0 bridgehead atoms. The zero-order valence-electron chi connectivity index (χ0n) is 10.1. The van der Waals surface area contributed by atoms with Gasteiger partial charge in [-0.2, -0.15) is 0 Å². The van der Waals surface area contributed by atoms with Crippen LogP contribution < -0.4 is 0 Å². The minimum Gasteiger partial charge on any atom is -0.393 e. The second-order valence-corrected chi connectivity index (χ2v) is 4.45. The molecule has 86 valence electrons. The summed E-state index contributed by atoms with van der Waals surface area (Å²) in [6, 6.07) is 0. The van der Waals surface area contributed by atoms with Crippen molar-refractivity contribution >= 4 is 0 Å². The molecule has 0 aliphatic rings. The molecule has 2 heteroatoms. The van der Waals surface area contributed by atoms with Crippen molar-refractivity contribution in [2.24, 2.45) is 0 Å². The summed E-state index contributed by atoms with van der Waals surface area (Å²) in [7, 11) is 4.21. The Balaban J connectivity index is 3.10. The quantitative estimate of drug-likeness (QED) is 0.580. The van der Waals surface area contributed by atoms with Gasteiger partial charge < -0.3 is 10.0 Å². The molecule has 0 aromatic carbocycles. The minimum atomic E-state index is -0.0469. The molecule has 2 nitrogen and oxygen atoms in total. The lowest BCUT2D eigenvalue weighted by atomic mass is 10.1. The van der Waals surface area contributed by atoms with E-state index in [1.807, 2.05) is 0 Å². The van der Waals surface area contributed by atoms with E-state index in [4.69, 9.17) is 0 Å². The van der Waals surface area contributed by atoms with E-state index in [9.17, 15) is 5.11 Å². The molecule has 0 rings (SSSR count). The van der Waals surface area contributed by atoms with Crippen LogP contribution in [0, 0.1) is 0 Å². The third-order valence-electron chi connectivity index (χ3n) is 2.53. The lowest BCUT2D eigenvalue weighted by Crippen LogP contribution is -2.13. The van der Waals surface area contributed by atoms with Gasteiger partial charge in [0.2, 0.25) is 0 Å². The highest BCUT2D eigenvalue weighted by molar-refractivity contribution is 4.56. The molecule has 0 spiro atoms. The van der Waals surface area contributed by atoms with Crippen molar-refractivity contribution in [2.75, 3.05) is 20.6 Å². The molecule has 0 heterocycles. The minimum absolute atomic E-state index is 0.0469. The van der Waals surface area contributed by atoms with Gasteiger partial charge in [-0.3, -0.25) is 0 Å². The second-order valence-electron chi connectivity index (χ2n) is 4.45. The molecular formula is C12H27NO. The van der Waals surface area contributed by atoms with Gasteiger partial charge in [0.05, 0.1) is 6.10 Å². The van der Waals surface area contributed by atoms with Crippen molar-refractivity contribution in [2.45, 2.75) is 58.0 Å². The fraction of sp³-hybridized carbons (Fsp3) is 1.00. The molecule has 0 fully saturated rings.